The average Bonchev–Trinajstić information content (AvgIpc) is 2.79. The van der Waals surface area contributed by atoms with Gasteiger partial charge in [-0.15, -0.1) is 0 Å². The maximum Gasteiger partial charge on any atom is 0.351 e. The van der Waals surface area contributed by atoms with Gasteiger partial charge in [0.25, 0.3) is 5.56 Å². The Kier molecular flexibility index (Phi) is 9.61. The monoisotopic (exact) mass is 352 g/mol. The zero-order valence-electron chi connectivity index (χ0n) is 12.7. The normalized spacial score (nSPS) is 21.0. The third-order valence-electron chi connectivity index (χ3n) is 2.84. The van der Waals surface area contributed by atoms with E-state index in [0.717, 1.165) is 0 Å². The molecule has 2 heterocycles. The van der Waals surface area contributed by atoms with Crippen LogP contribution < -0.4 is 11.2 Å². The van der Waals surface area contributed by atoms with Gasteiger partial charge < -0.3 is 19.3 Å². The fourth-order valence-corrected chi connectivity index (χ4v) is 2.26. The Bertz CT molecular complexity index is 655. The number of nitrogens with one attached hydrogen (secondary N) is 1. The van der Waals surface area contributed by atoms with E-state index in [1.807, 2.05) is 0 Å². The van der Waals surface area contributed by atoms with Crippen molar-refractivity contribution in [3.05, 3.63) is 32.6 Å². The van der Waals surface area contributed by atoms with Crippen LogP contribution >= 0.6 is 7.60 Å². The van der Waals surface area contributed by atoms with Crippen LogP contribution in [-0.4, -0.2) is 91.1 Å². The molecule has 0 aromatic carbocycles. The first kappa shape index (κ1) is 22.8. The molecule has 2 unspecified atom stereocenters. The topological polar surface area (TPSA) is 131 Å². The van der Waals surface area contributed by atoms with Crippen LogP contribution in [0.3, 0.4) is 0 Å². The van der Waals surface area contributed by atoms with Gasteiger partial charge >= 0.3 is 13.3 Å². The number of H-pyrrole nitrogens is 1. The summed E-state index contributed by atoms with van der Waals surface area (Å²) in [6.45, 7) is 1.56. The van der Waals surface area contributed by atoms with Crippen molar-refractivity contribution in [3.8, 4) is 0 Å². The van der Waals surface area contributed by atoms with Gasteiger partial charge in [-0.05, 0) is 13.3 Å². The number of aromatic amines is 1. The number of rotatable bonds is 4. The number of nitrogens with zero attached hydrogens (tertiary/aromatic N) is 1. The largest absolute Gasteiger partial charge is 0.351 e. The first-order valence-corrected chi connectivity index (χ1v) is 7.70. The van der Waals surface area contributed by atoms with Crippen LogP contribution in [0.25, 0.3) is 0 Å². The van der Waals surface area contributed by atoms with Crippen molar-refractivity contribution in [2.45, 2.75) is 32.3 Å². The molecule has 2 rings (SSSR count). The second-order valence-electron chi connectivity index (χ2n) is 4.54. The summed E-state index contributed by atoms with van der Waals surface area (Å²) >= 11 is 0. The SMILES string of the molecule is Cc1cn(C2CCC(OCP(=O)(O)O)O2)c(=O)[nH]c1=O.[Na].[Na]. The Morgan fingerprint density at radius 3 is 2.64 bits per heavy atom. The molecule has 0 spiro atoms. The Morgan fingerprint density at radius 1 is 1.41 bits per heavy atom. The number of aryl methyl sites for hydroxylation is 1. The molecule has 1 aromatic heterocycles. The Hall–Kier alpha value is 0.750. The van der Waals surface area contributed by atoms with Crippen LogP contribution in [-0.2, 0) is 14.0 Å². The molecule has 12 heteroatoms. The fraction of sp³-hybridized carbons (Fsp3) is 0.600. The minimum Gasteiger partial charge on any atom is -0.340 e. The van der Waals surface area contributed by atoms with Crippen molar-refractivity contribution in [1.29, 1.82) is 0 Å². The molecule has 114 valence electrons. The molecule has 2 atom stereocenters. The van der Waals surface area contributed by atoms with Gasteiger partial charge in [0, 0.05) is 77.3 Å². The Balaban J connectivity index is 0.00000220. The predicted molar refractivity (Wildman–Crippen MR) is 78.7 cm³/mol. The summed E-state index contributed by atoms with van der Waals surface area (Å²) in [6.07, 6.45) is 0.0831. The van der Waals surface area contributed by atoms with Gasteiger partial charge in [0.15, 0.2) is 12.6 Å². The average molecular weight is 352 g/mol. The summed E-state index contributed by atoms with van der Waals surface area (Å²) in [4.78, 5) is 42.5. The van der Waals surface area contributed by atoms with Crippen molar-refractivity contribution in [1.82, 2.24) is 9.55 Å². The van der Waals surface area contributed by atoms with E-state index in [9.17, 15) is 14.2 Å². The van der Waals surface area contributed by atoms with Gasteiger partial charge in [-0.1, -0.05) is 0 Å². The maximum atomic E-state index is 11.7. The van der Waals surface area contributed by atoms with Crippen molar-refractivity contribution >= 4 is 66.7 Å². The molecule has 0 aliphatic carbocycles. The van der Waals surface area contributed by atoms with Gasteiger partial charge in [-0.3, -0.25) is 18.9 Å². The molecular formula is C10H15N2Na2O7P. The minimum absolute atomic E-state index is 0. The van der Waals surface area contributed by atoms with Crippen LogP contribution in [0.5, 0.6) is 0 Å². The second-order valence-corrected chi connectivity index (χ2v) is 6.12. The molecule has 1 aliphatic heterocycles. The molecule has 1 saturated heterocycles. The van der Waals surface area contributed by atoms with E-state index in [2.05, 4.69) is 4.98 Å². The van der Waals surface area contributed by atoms with Gasteiger partial charge in [-0.2, -0.15) is 0 Å². The summed E-state index contributed by atoms with van der Waals surface area (Å²) in [5.41, 5.74) is -0.687. The molecular weight excluding hydrogens is 337 g/mol. The number of hydrogen-bond donors (Lipinski definition) is 3. The second kappa shape index (κ2) is 9.29. The Labute approximate surface area is 170 Å². The molecule has 1 aromatic rings. The zero-order valence-corrected chi connectivity index (χ0v) is 17.6. The predicted octanol–water partition coefficient (Wildman–Crippen LogP) is -1.13. The molecule has 1 fully saturated rings. The number of hydrogen-bond acceptors (Lipinski definition) is 5. The van der Waals surface area contributed by atoms with Gasteiger partial charge in [-0.25, -0.2) is 4.79 Å². The van der Waals surface area contributed by atoms with Gasteiger partial charge in [0.2, 0.25) is 0 Å². The van der Waals surface area contributed by atoms with Crippen LogP contribution in [0.4, 0.5) is 0 Å². The van der Waals surface area contributed by atoms with Crippen molar-refractivity contribution in [3.63, 3.8) is 0 Å². The standard InChI is InChI=1S/C10H15N2O7P.2Na/c1-6-4-12(10(14)11-9(6)13)7-2-3-8(19-7)18-5-20(15,16)17;;/h4,7-8H,2-3,5H2,1H3,(H,11,13,14)(H2,15,16,17);;. The quantitative estimate of drug-likeness (QED) is 0.462. The zero-order chi connectivity index (χ0) is 14.9. The molecule has 0 amide bonds. The van der Waals surface area contributed by atoms with Gasteiger partial charge in [0.1, 0.15) is 6.23 Å². The molecule has 9 nitrogen and oxygen atoms in total. The van der Waals surface area contributed by atoms with E-state index in [4.69, 9.17) is 19.3 Å². The maximum absolute atomic E-state index is 11.7. The molecule has 0 bridgehead atoms. The van der Waals surface area contributed by atoms with Crippen LogP contribution in [0.1, 0.15) is 24.6 Å². The van der Waals surface area contributed by atoms with E-state index >= 15 is 0 Å². The third-order valence-corrected chi connectivity index (χ3v) is 3.33. The molecule has 0 saturated carbocycles. The van der Waals surface area contributed by atoms with E-state index in [1.54, 1.807) is 6.92 Å². The fourth-order valence-electron chi connectivity index (χ4n) is 1.90. The smallest absolute Gasteiger partial charge is 0.340 e. The first-order chi connectivity index (χ1) is 9.26. The van der Waals surface area contributed by atoms with E-state index in [-0.39, 0.29) is 59.1 Å². The number of aromatic nitrogens is 2. The van der Waals surface area contributed by atoms with E-state index < -0.39 is 37.7 Å². The van der Waals surface area contributed by atoms with E-state index in [0.29, 0.717) is 18.4 Å². The van der Waals surface area contributed by atoms with Crippen molar-refractivity contribution in [2.24, 2.45) is 0 Å². The molecule has 22 heavy (non-hydrogen) atoms. The molecule has 2 radical (unpaired) electrons. The van der Waals surface area contributed by atoms with Crippen LogP contribution in [0.2, 0.25) is 0 Å². The number of ether oxygens (including phenoxy) is 2. The third kappa shape index (κ3) is 6.33. The van der Waals surface area contributed by atoms with Crippen LogP contribution in [0, 0.1) is 6.92 Å². The summed E-state index contributed by atoms with van der Waals surface area (Å²) in [7, 11) is -4.25. The Morgan fingerprint density at radius 2 is 2.05 bits per heavy atom. The van der Waals surface area contributed by atoms with Crippen molar-refractivity contribution < 1.29 is 23.8 Å². The molecule has 1 aliphatic rings. The van der Waals surface area contributed by atoms with Gasteiger partial charge in [0.05, 0.1) is 0 Å². The molecule has 3 N–H and O–H groups in total. The minimum atomic E-state index is -4.25. The van der Waals surface area contributed by atoms with Crippen molar-refractivity contribution in [2.75, 3.05) is 6.35 Å². The first-order valence-electron chi connectivity index (χ1n) is 5.90. The summed E-state index contributed by atoms with van der Waals surface area (Å²) in [5, 5.41) is 0. The van der Waals surface area contributed by atoms with E-state index in [1.165, 1.54) is 10.8 Å². The summed E-state index contributed by atoms with van der Waals surface area (Å²) in [6, 6.07) is 0. The summed E-state index contributed by atoms with van der Waals surface area (Å²) in [5.74, 6) is 0. The van der Waals surface area contributed by atoms with Crippen LogP contribution in [0.15, 0.2) is 15.8 Å². The summed E-state index contributed by atoms with van der Waals surface area (Å²) < 4.78 is 22.3.